The second-order valence-corrected chi connectivity index (χ2v) is 5.51. The summed E-state index contributed by atoms with van der Waals surface area (Å²) >= 11 is 0. The highest BCUT2D eigenvalue weighted by atomic mass is 16.5. The molecule has 0 saturated heterocycles. The van der Waals surface area contributed by atoms with Crippen LogP contribution in [0, 0.1) is 0 Å². The minimum absolute atomic E-state index is 0.00895. The normalized spacial score (nSPS) is 12.6. The van der Waals surface area contributed by atoms with E-state index in [1.165, 1.54) is 5.69 Å². The minimum Gasteiger partial charge on any atom is -0.497 e. The van der Waals surface area contributed by atoms with Crippen molar-refractivity contribution in [3.63, 3.8) is 0 Å². The number of aliphatic imine (C=N–C) groups is 1. The molecule has 0 aliphatic heterocycles. The third kappa shape index (κ3) is 4.22. The zero-order chi connectivity index (χ0) is 17.5. The van der Waals surface area contributed by atoms with Crippen LogP contribution in [0.2, 0.25) is 0 Å². The molecule has 1 atom stereocenters. The van der Waals surface area contributed by atoms with Crippen LogP contribution in [0.4, 0.5) is 0 Å². The zero-order valence-corrected chi connectivity index (χ0v) is 15.0. The molecule has 1 heterocycles. The van der Waals surface area contributed by atoms with Gasteiger partial charge in [0.05, 0.1) is 26.8 Å². The standard InChI is InChI=1S/C18H26N4O2/c1-13(16-11-15(23-4)8-9-17(16)24-5)21-18(19-2)20-12-14-7-6-10-22(14)3/h6-11,13H,12H2,1-5H3,(H2,19,20,21)/t13-/m1/s1. The highest BCUT2D eigenvalue weighted by molar-refractivity contribution is 5.80. The van der Waals surface area contributed by atoms with Crippen LogP contribution in [-0.4, -0.2) is 31.8 Å². The number of aromatic nitrogens is 1. The number of rotatable bonds is 6. The van der Waals surface area contributed by atoms with Gasteiger partial charge in [-0.15, -0.1) is 0 Å². The highest BCUT2D eigenvalue weighted by Gasteiger charge is 2.14. The molecule has 6 heteroatoms. The van der Waals surface area contributed by atoms with Crippen molar-refractivity contribution in [1.82, 2.24) is 15.2 Å². The maximum Gasteiger partial charge on any atom is 0.191 e. The van der Waals surface area contributed by atoms with Crippen molar-refractivity contribution < 1.29 is 9.47 Å². The van der Waals surface area contributed by atoms with Gasteiger partial charge in [0.1, 0.15) is 11.5 Å². The first-order valence-electron chi connectivity index (χ1n) is 7.88. The van der Waals surface area contributed by atoms with Crippen molar-refractivity contribution in [2.24, 2.45) is 12.0 Å². The lowest BCUT2D eigenvalue weighted by Crippen LogP contribution is -2.38. The molecule has 0 aliphatic carbocycles. The molecule has 1 aromatic heterocycles. The van der Waals surface area contributed by atoms with Gasteiger partial charge in [-0.3, -0.25) is 4.99 Å². The Morgan fingerprint density at radius 2 is 2.04 bits per heavy atom. The van der Waals surface area contributed by atoms with Crippen LogP contribution in [0.5, 0.6) is 11.5 Å². The summed E-state index contributed by atoms with van der Waals surface area (Å²) in [5.41, 5.74) is 2.20. The number of hydrogen-bond acceptors (Lipinski definition) is 3. The van der Waals surface area contributed by atoms with Gasteiger partial charge in [0.15, 0.2) is 5.96 Å². The SMILES string of the molecule is CN=C(NCc1cccn1C)N[C@H](C)c1cc(OC)ccc1OC. The largest absolute Gasteiger partial charge is 0.497 e. The van der Waals surface area contributed by atoms with E-state index in [4.69, 9.17) is 9.47 Å². The summed E-state index contributed by atoms with van der Waals surface area (Å²) < 4.78 is 12.8. The number of methoxy groups -OCH3 is 2. The molecule has 24 heavy (non-hydrogen) atoms. The van der Waals surface area contributed by atoms with Gasteiger partial charge in [0.25, 0.3) is 0 Å². The summed E-state index contributed by atoms with van der Waals surface area (Å²) in [6.45, 7) is 2.76. The number of nitrogens with zero attached hydrogens (tertiary/aromatic N) is 2. The van der Waals surface area contributed by atoms with E-state index in [1.807, 2.05) is 37.5 Å². The maximum atomic E-state index is 5.46. The second kappa shape index (κ2) is 8.29. The molecule has 2 aromatic rings. The van der Waals surface area contributed by atoms with E-state index in [1.54, 1.807) is 21.3 Å². The molecule has 0 fully saturated rings. The van der Waals surface area contributed by atoms with Gasteiger partial charge in [-0.2, -0.15) is 0 Å². The van der Waals surface area contributed by atoms with E-state index >= 15 is 0 Å². The van der Waals surface area contributed by atoms with Gasteiger partial charge >= 0.3 is 0 Å². The number of guanidine groups is 1. The third-order valence-corrected chi connectivity index (χ3v) is 3.97. The van der Waals surface area contributed by atoms with Crippen LogP contribution >= 0.6 is 0 Å². The second-order valence-electron chi connectivity index (χ2n) is 5.51. The van der Waals surface area contributed by atoms with E-state index in [0.717, 1.165) is 23.0 Å². The molecule has 0 unspecified atom stereocenters. The lowest BCUT2D eigenvalue weighted by Gasteiger charge is -2.21. The van der Waals surface area contributed by atoms with E-state index < -0.39 is 0 Å². The smallest absolute Gasteiger partial charge is 0.191 e. The molecular weight excluding hydrogens is 304 g/mol. The molecule has 0 saturated carbocycles. The Balaban J connectivity index is 2.06. The van der Waals surface area contributed by atoms with Crippen molar-refractivity contribution in [3.8, 4) is 11.5 Å². The molecule has 6 nitrogen and oxygen atoms in total. The van der Waals surface area contributed by atoms with E-state index in [0.29, 0.717) is 6.54 Å². The van der Waals surface area contributed by atoms with Crippen molar-refractivity contribution >= 4 is 5.96 Å². The van der Waals surface area contributed by atoms with Gasteiger partial charge in [-0.1, -0.05) is 0 Å². The molecule has 0 amide bonds. The Morgan fingerprint density at radius 1 is 1.25 bits per heavy atom. The zero-order valence-electron chi connectivity index (χ0n) is 15.0. The lowest BCUT2D eigenvalue weighted by molar-refractivity contribution is 0.394. The Hall–Kier alpha value is -2.63. The molecule has 2 N–H and O–H groups in total. The molecule has 0 spiro atoms. The van der Waals surface area contributed by atoms with Crippen LogP contribution in [0.3, 0.4) is 0 Å². The summed E-state index contributed by atoms with van der Waals surface area (Å²) in [5.74, 6) is 2.34. The van der Waals surface area contributed by atoms with Crippen LogP contribution in [0.15, 0.2) is 41.5 Å². The molecular formula is C18H26N4O2. The van der Waals surface area contributed by atoms with Crippen molar-refractivity contribution in [1.29, 1.82) is 0 Å². The van der Waals surface area contributed by atoms with Crippen LogP contribution in [0.25, 0.3) is 0 Å². The van der Waals surface area contributed by atoms with Gasteiger partial charge in [0.2, 0.25) is 0 Å². The number of benzene rings is 1. The van der Waals surface area contributed by atoms with Crippen LogP contribution in [0.1, 0.15) is 24.2 Å². The quantitative estimate of drug-likeness (QED) is 0.631. The summed E-state index contributed by atoms with van der Waals surface area (Å²) in [7, 11) is 7.11. The first-order chi connectivity index (χ1) is 11.6. The van der Waals surface area contributed by atoms with Gasteiger partial charge in [0, 0.05) is 31.5 Å². The monoisotopic (exact) mass is 330 g/mol. The number of nitrogens with one attached hydrogen (secondary N) is 2. The molecule has 0 bridgehead atoms. The van der Waals surface area contributed by atoms with Crippen molar-refractivity contribution in [2.75, 3.05) is 21.3 Å². The summed E-state index contributed by atoms with van der Waals surface area (Å²) in [6, 6.07) is 9.88. The Labute approximate surface area is 143 Å². The summed E-state index contributed by atoms with van der Waals surface area (Å²) in [4.78, 5) is 4.29. The number of hydrogen-bond donors (Lipinski definition) is 2. The Bertz CT molecular complexity index is 694. The number of ether oxygens (including phenoxy) is 2. The topological polar surface area (TPSA) is 59.8 Å². The minimum atomic E-state index is 0.00895. The first-order valence-corrected chi connectivity index (χ1v) is 7.88. The fraction of sp³-hybridized carbons (Fsp3) is 0.389. The Morgan fingerprint density at radius 3 is 2.62 bits per heavy atom. The maximum absolute atomic E-state index is 5.46. The van der Waals surface area contributed by atoms with Gasteiger partial charge in [-0.05, 0) is 37.3 Å². The number of aryl methyl sites for hydroxylation is 1. The fourth-order valence-electron chi connectivity index (χ4n) is 2.51. The van der Waals surface area contributed by atoms with Gasteiger partial charge < -0.3 is 24.7 Å². The van der Waals surface area contributed by atoms with E-state index in [2.05, 4.69) is 33.2 Å². The highest BCUT2D eigenvalue weighted by Crippen LogP contribution is 2.29. The predicted octanol–water partition coefficient (Wildman–Crippen LogP) is 2.47. The van der Waals surface area contributed by atoms with Gasteiger partial charge in [-0.25, -0.2) is 0 Å². The third-order valence-electron chi connectivity index (χ3n) is 3.97. The van der Waals surface area contributed by atoms with Crippen molar-refractivity contribution in [3.05, 3.63) is 47.8 Å². The average Bonchev–Trinajstić information content (AvgIpc) is 3.02. The molecule has 0 aliphatic rings. The van der Waals surface area contributed by atoms with E-state index in [9.17, 15) is 0 Å². The fourth-order valence-corrected chi connectivity index (χ4v) is 2.51. The molecule has 2 rings (SSSR count). The predicted molar refractivity (Wildman–Crippen MR) is 96.7 cm³/mol. The van der Waals surface area contributed by atoms with Crippen LogP contribution < -0.4 is 20.1 Å². The molecule has 1 aromatic carbocycles. The van der Waals surface area contributed by atoms with Crippen molar-refractivity contribution in [2.45, 2.75) is 19.5 Å². The summed E-state index contributed by atoms with van der Waals surface area (Å²) in [5, 5.41) is 6.71. The first kappa shape index (κ1) is 17.7. The van der Waals surface area contributed by atoms with Crippen LogP contribution in [-0.2, 0) is 13.6 Å². The molecule has 0 radical (unpaired) electrons. The molecule has 130 valence electrons. The lowest BCUT2D eigenvalue weighted by atomic mass is 10.1. The van der Waals surface area contributed by atoms with E-state index in [-0.39, 0.29) is 6.04 Å². The summed E-state index contributed by atoms with van der Waals surface area (Å²) in [6.07, 6.45) is 2.02. The average molecular weight is 330 g/mol. The Kier molecular flexibility index (Phi) is 6.12.